The number of alkyl halides is 2. The second-order valence-corrected chi connectivity index (χ2v) is 6.25. The molecule has 1 heterocycles. The van der Waals surface area contributed by atoms with Gasteiger partial charge in [0, 0.05) is 15.6 Å². The molecule has 0 spiro atoms. The number of carbonyl (C=O) groups excluding carboxylic acids is 2. The second-order valence-electron chi connectivity index (χ2n) is 5.16. The van der Waals surface area contributed by atoms with Crippen molar-refractivity contribution in [2.75, 3.05) is 6.61 Å². The molecule has 1 aromatic heterocycles. The second kappa shape index (κ2) is 7.57. The summed E-state index contributed by atoms with van der Waals surface area (Å²) in [5.41, 5.74) is 0.182. The highest BCUT2D eigenvalue weighted by atomic mass is 32.1. The summed E-state index contributed by atoms with van der Waals surface area (Å²) in [5, 5.41) is 0.311. The van der Waals surface area contributed by atoms with Crippen LogP contribution in [0, 0.1) is 5.82 Å². The largest absolute Gasteiger partial charge is 0.453 e. The monoisotopic (exact) mass is 380 g/mol. The number of rotatable bonds is 6. The molecule has 8 heteroatoms. The van der Waals surface area contributed by atoms with Crippen molar-refractivity contribution in [3.05, 3.63) is 64.8 Å². The van der Waals surface area contributed by atoms with Crippen LogP contribution in [0.1, 0.15) is 20.0 Å². The molecule has 134 valence electrons. The van der Waals surface area contributed by atoms with E-state index < -0.39 is 30.8 Å². The number of benzene rings is 2. The summed E-state index contributed by atoms with van der Waals surface area (Å²) in [7, 11) is 0. The number of ketones is 1. The van der Waals surface area contributed by atoms with Gasteiger partial charge in [0.25, 0.3) is 0 Å². The first-order chi connectivity index (χ1) is 12.4. The topological polar surface area (TPSA) is 52.6 Å². The van der Waals surface area contributed by atoms with E-state index in [0.717, 1.165) is 11.3 Å². The molecular weight excluding hydrogens is 369 g/mol. The van der Waals surface area contributed by atoms with Crippen LogP contribution in [0.15, 0.2) is 48.5 Å². The maximum atomic E-state index is 13.7. The number of halogens is 3. The normalized spacial score (nSPS) is 10.9. The van der Waals surface area contributed by atoms with Crippen molar-refractivity contribution in [1.82, 2.24) is 0 Å². The highest BCUT2D eigenvalue weighted by molar-refractivity contribution is 7.20. The lowest BCUT2D eigenvalue weighted by atomic mass is 10.1. The first-order valence-electron chi connectivity index (χ1n) is 7.37. The molecule has 0 saturated carbocycles. The average molecular weight is 380 g/mol. The summed E-state index contributed by atoms with van der Waals surface area (Å²) in [6, 6.07) is 10.9. The van der Waals surface area contributed by atoms with E-state index in [1.54, 1.807) is 6.07 Å². The SMILES string of the molecule is O=C(COC(=O)c1cc2c(F)cccc2s1)c1ccc(OC(F)F)cc1. The molecule has 3 rings (SSSR count). The van der Waals surface area contributed by atoms with Crippen LogP contribution in [-0.4, -0.2) is 25.0 Å². The minimum absolute atomic E-state index is 0.0825. The Balaban J connectivity index is 1.63. The number of Topliss-reactive ketones (excluding diaryl/α,β-unsaturated/α-hetero) is 1. The molecule has 0 aliphatic carbocycles. The Hall–Kier alpha value is -2.87. The molecule has 0 fully saturated rings. The highest BCUT2D eigenvalue weighted by Gasteiger charge is 2.16. The molecule has 0 aliphatic rings. The van der Waals surface area contributed by atoms with Crippen LogP contribution >= 0.6 is 11.3 Å². The van der Waals surface area contributed by atoms with Gasteiger partial charge in [-0.3, -0.25) is 4.79 Å². The number of ether oxygens (including phenoxy) is 2. The fourth-order valence-corrected chi connectivity index (χ4v) is 3.20. The molecule has 0 unspecified atom stereocenters. The molecule has 0 atom stereocenters. The fourth-order valence-electron chi connectivity index (χ4n) is 2.23. The van der Waals surface area contributed by atoms with Gasteiger partial charge in [-0.25, -0.2) is 9.18 Å². The van der Waals surface area contributed by atoms with E-state index in [4.69, 9.17) is 4.74 Å². The Kier molecular flexibility index (Phi) is 5.22. The average Bonchev–Trinajstić information content (AvgIpc) is 3.05. The molecule has 2 aromatic carbocycles. The first-order valence-corrected chi connectivity index (χ1v) is 8.19. The Labute approximate surface area is 149 Å². The maximum absolute atomic E-state index is 13.7. The third-order valence-corrected chi connectivity index (χ3v) is 4.53. The van der Waals surface area contributed by atoms with E-state index in [9.17, 15) is 22.8 Å². The molecular formula is C18H11F3O4S. The van der Waals surface area contributed by atoms with Gasteiger partial charge in [0.15, 0.2) is 12.4 Å². The molecule has 0 radical (unpaired) electrons. The van der Waals surface area contributed by atoms with Crippen molar-refractivity contribution in [3.8, 4) is 5.75 Å². The van der Waals surface area contributed by atoms with Gasteiger partial charge in [0.1, 0.15) is 16.4 Å². The zero-order valence-electron chi connectivity index (χ0n) is 13.1. The summed E-state index contributed by atoms with van der Waals surface area (Å²) in [4.78, 5) is 24.2. The summed E-state index contributed by atoms with van der Waals surface area (Å²) in [6.07, 6.45) is 0. The van der Waals surface area contributed by atoms with Crippen molar-refractivity contribution in [2.24, 2.45) is 0 Å². The predicted octanol–water partition coefficient (Wildman–Crippen LogP) is 4.68. The molecule has 0 saturated heterocycles. The minimum atomic E-state index is -2.95. The number of esters is 1. The predicted molar refractivity (Wildman–Crippen MR) is 89.5 cm³/mol. The molecule has 0 amide bonds. The van der Waals surface area contributed by atoms with Crippen molar-refractivity contribution < 1.29 is 32.2 Å². The van der Waals surface area contributed by atoms with Gasteiger partial charge in [-0.2, -0.15) is 8.78 Å². The third-order valence-electron chi connectivity index (χ3n) is 3.45. The van der Waals surface area contributed by atoms with Crippen LogP contribution in [0.5, 0.6) is 5.75 Å². The fraction of sp³-hybridized carbons (Fsp3) is 0.111. The quantitative estimate of drug-likeness (QED) is 0.460. The van der Waals surface area contributed by atoms with E-state index in [1.807, 2.05) is 0 Å². The standard InChI is InChI=1S/C18H11F3O4S/c19-13-2-1-3-15-12(13)8-16(26-15)17(23)24-9-14(22)10-4-6-11(7-5-10)25-18(20)21/h1-8,18H,9H2. The summed E-state index contributed by atoms with van der Waals surface area (Å²) in [5.74, 6) is -1.77. The van der Waals surface area contributed by atoms with Gasteiger partial charge in [0.2, 0.25) is 0 Å². The maximum Gasteiger partial charge on any atom is 0.387 e. The molecule has 4 nitrogen and oxygen atoms in total. The van der Waals surface area contributed by atoms with Crippen LogP contribution < -0.4 is 4.74 Å². The van der Waals surface area contributed by atoms with Gasteiger partial charge in [-0.15, -0.1) is 11.3 Å². The van der Waals surface area contributed by atoms with E-state index in [2.05, 4.69) is 4.74 Å². The van der Waals surface area contributed by atoms with E-state index in [1.165, 1.54) is 42.5 Å². The number of fused-ring (bicyclic) bond motifs is 1. The zero-order valence-corrected chi connectivity index (χ0v) is 13.9. The lowest BCUT2D eigenvalue weighted by Crippen LogP contribution is -2.13. The van der Waals surface area contributed by atoms with Crippen LogP contribution in [0.4, 0.5) is 13.2 Å². The van der Waals surface area contributed by atoms with Crippen molar-refractivity contribution in [3.63, 3.8) is 0 Å². The summed E-state index contributed by atoms with van der Waals surface area (Å²) in [6.45, 7) is -3.48. The minimum Gasteiger partial charge on any atom is -0.453 e. The molecule has 0 bridgehead atoms. The third kappa shape index (κ3) is 4.02. The Morgan fingerprint density at radius 3 is 2.46 bits per heavy atom. The van der Waals surface area contributed by atoms with Crippen LogP contribution in [0.25, 0.3) is 10.1 Å². The number of carbonyl (C=O) groups is 2. The van der Waals surface area contributed by atoms with Gasteiger partial charge in [-0.05, 0) is 42.5 Å². The van der Waals surface area contributed by atoms with E-state index >= 15 is 0 Å². The zero-order chi connectivity index (χ0) is 18.7. The summed E-state index contributed by atoms with van der Waals surface area (Å²) >= 11 is 1.06. The molecule has 26 heavy (non-hydrogen) atoms. The van der Waals surface area contributed by atoms with Crippen LogP contribution in [0.3, 0.4) is 0 Å². The van der Waals surface area contributed by atoms with Gasteiger partial charge in [-0.1, -0.05) is 6.07 Å². The van der Waals surface area contributed by atoms with Crippen molar-refractivity contribution in [2.45, 2.75) is 6.61 Å². The molecule has 0 N–H and O–H groups in total. The lowest BCUT2D eigenvalue weighted by Gasteiger charge is -2.06. The van der Waals surface area contributed by atoms with Crippen molar-refractivity contribution >= 4 is 33.2 Å². The van der Waals surface area contributed by atoms with E-state index in [-0.39, 0.29) is 16.2 Å². The Morgan fingerprint density at radius 1 is 1.08 bits per heavy atom. The van der Waals surface area contributed by atoms with Gasteiger partial charge in [0.05, 0.1) is 0 Å². The number of hydrogen-bond donors (Lipinski definition) is 0. The number of thiophene rings is 1. The van der Waals surface area contributed by atoms with Crippen molar-refractivity contribution in [1.29, 1.82) is 0 Å². The van der Waals surface area contributed by atoms with Gasteiger partial charge < -0.3 is 9.47 Å². The first kappa shape index (κ1) is 17.9. The van der Waals surface area contributed by atoms with Crippen LogP contribution in [-0.2, 0) is 4.74 Å². The van der Waals surface area contributed by atoms with E-state index in [0.29, 0.717) is 10.1 Å². The smallest absolute Gasteiger partial charge is 0.387 e. The molecule has 0 aliphatic heterocycles. The van der Waals surface area contributed by atoms with Crippen LogP contribution in [0.2, 0.25) is 0 Å². The highest BCUT2D eigenvalue weighted by Crippen LogP contribution is 2.28. The number of hydrogen-bond acceptors (Lipinski definition) is 5. The van der Waals surface area contributed by atoms with Gasteiger partial charge >= 0.3 is 12.6 Å². The lowest BCUT2D eigenvalue weighted by molar-refractivity contribution is -0.0498. The Morgan fingerprint density at radius 2 is 1.81 bits per heavy atom. The summed E-state index contributed by atoms with van der Waals surface area (Å²) < 4.78 is 47.6. The molecule has 3 aromatic rings. The Bertz CT molecular complexity index is 951.